The van der Waals surface area contributed by atoms with Crippen LogP contribution in [0.5, 0.6) is 0 Å². The summed E-state index contributed by atoms with van der Waals surface area (Å²) in [5.41, 5.74) is 18.7. The molecule has 0 spiro atoms. The Labute approximate surface area is 425 Å². The molecule has 12 rings (SSSR count). The third-order valence-electron chi connectivity index (χ3n) is 15.5. The zero-order valence-electron chi connectivity index (χ0n) is 43.3. The van der Waals surface area contributed by atoms with Crippen LogP contribution in [-0.4, -0.2) is 4.57 Å². The van der Waals surface area contributed by atoms with Crippen LogP contribution in [0, 0.1) is 0 Å². The lowest BCUT2D eigenvalue weighted by atomic mass is 9.83. The molecule has 1 aromatic heterocycles. The Bertz CT molecular complexity index is 3870. The number of para-hydroxylation sites is 1. The lowest BCUT2D eigenvalue weighted by Crippen LogP contribution is -2.20. The molecular formula is C70H64N2. The molecule has 0 bridgehead atoms. The second-order valence-electron chi connectivity index (χ2n) is 23.4. The highest BCUT2D eigenvalue weighted by atomic mass is 15.1. The molecule has 0 aliphatic heterocycles. The predicted octanol–water partition coefficient (Wildman–Crippen LogP) is 19.0. The van der Waals surface area contributed by atoms with Gasteiger partial charge in [-0.15, -0.1) is 0 Å². The van der Waals surface area contributed by atoms with Gasteiger partial charge in [0.25, 0.3) is 0 Å². The summed E-state index contributed by atoms with van der Waals surface area (Å²) >= 11 is 0. The second kappa shape index (κ2) is 17.0. The Morgan fingerprint density at radius 2 is 0.986 bits per heavy atom. The summed E-state index contributed by atoms with van der Waals surface area (Å²) in [5.74, 6) is 0. The van der Waals surface area contributed by atoms with Gasteiger partial charge >= 0.3 is 0 Å². The number of fused-ring (bicyclic) bond motifs is 3. The molecule has 72 heavy (non-hydrogen) atoms. The maximum atomic E-state index is 2.67. The molecule has 0 radical (unpaired) electrons. The van der Waals surface area contributed by atoms with Crippen LogP contribution in [0.15, 0.2) is 200 Å². The van der Waals surface area contributed by atoms with Crippen molar-refractivity contribution in [2.45, 2.75) is 91.0 Å². The van der Waals surface area contributed by atoms with E-state index in [-0.39, 0.29) is 22.3 Å². The van der Waals surface area contributed by atoms with Crippen molar-refractivity contribution in [3.05, 3.63) is 228 Å². The summed E-state index contributed by atoms with van der Waals surface area (Å²) in [6, 6.07) is 75.9. The molecule has 2 heteroatoms. The maximum Gasteiger partial charge on any atom is 0.0633 e. The highest BCUT2D eigenvalue weighted by molar-refractivity contribution is 6.18. The summed E-state index contributed by atoms with van der Waals surface area (Å²) in [6.45, 7) is 20.9. The van der Waals surface area contributed by atoms with Crippen LogP contribution in [0.3, 0.4) is 0 Å². The van der Waals surface area contributed by atoms with Crippen LogP contribution >= 0.6 is 0 Å². The molecule has 1 aliphatic carbocycles. The van der Waals surface area contributed by atoms with E-state index in [4.69, 9.17) is 0 Å². The molecule has 1 aliphatic rings. The van der Waals surface area contributed by atoms with E-state index in [2.05, 4.69) is 278 Å². The first kappa shape index (κ1) is 45.5. The van der Waals surface area contributed by atoms with Crippen LogP contribution in [0.25, 0.3) is 82.8 Å². The normalized spacial score (nSPS) is 14.1. The van der Waals surface area contributed by atoms with Crippen molar-refractivity contribution in [2.75, 3.05) is 4.90 Å². The Hall–Kier alpha value is -7.68. The molecule has 2 nitrogen and oxygen atoms in total. The van der Waals surface area contributed by atoms with E-state index in [1.54, 1.807) is 0 Å². The summed E-state index contributed by atoms with van der Waals surface area (Å²) in [4.78, 5) is 2.53. The van der Waals surface area contributed by atoms with Gasteiger partial charge in [-0.05, 0) is 149 Å². The number of rotatable bonds is 7. The fourth-order valence-corrected chi connectivity index (χ4v) is 11.5. The van der Waals surface area contributed by atoms with Crippen LogP contribution < -0.4 is 10.1 Å². The van der Waals surface area contributed by atoms with E-state index in [1.165, 1.54) is 104 Å². The standard InChI is InChI=1S/C70H64N2/c1-68(2,3)52-31-37-64-59(43-52)60-44-53(69(4,5)6)32-38-65(60)72(64)63-36-30-48-27-33-57-62(35-29-47-28-34-58(63)67(48)66(47)57)71(61-26-17-16-25-56(61)46-21-14-11-15-22-46)55-24-18-23-49(42-55)51-39-50(45-19-12-10-13-20-45)40-54(41-51)70(7,8)9/h10-35,37-44,63H,36H2,1-9H3. The minimum absolute atomic E-state index is 0.0313. The first-order valence-corrected chi connectivity index (χ1v) is 25.9. The second-order valence-corrected chi connectivity index (χ2v) is 23.4. The zero-order valence-corrected chi connectivity index (χ0v) is 43.3. The first-order valence-electron chi connectivity index (χ1n) is 25.9. The third-order valence-corrected chi connectivity index (χ3v) is 15.5. The molecule has 1 heterocycles. The van der Waals surface area contributed by atoms with Gasteiger partial charge in [0.05, 0.1) is 17.4 Å². The maximum absolute atomic E-state index is 2.67. The molecule has 0 saturated heterocycles. The Morgan fingerprint density at radius 3 is 1.64 bits per heavy atom. The minimum atomic E-state index is -0.0313. The average molecular weight is 933 g/mol. The number of benzene rings is 10. The molecule has 1 atom stereocenters. The lowest BCUT2D eigenvalue weighted by molar-refractivity contribution is 0.590. The van der Waals surface area contributed by atoms with Gasteiger partial charge in [-0.1, -0.05) is 214 Å². The lowest BCUT2D eigenvalue weighted by Gasteiger charge is -2.31. The van der Waals surface area contributed by atoms with Crippen molar-refractivity contribution >= 4 is 66.5 Å². The number of anilines is 3. The minimum Gasteiger partial charge on any atom is -0.332 e. The number of aromatic nitrogens is 1. The van der Waals surface area contributed by atoms with Crippen molar-refractivity contribution in [2.24, 2.45) is 0 Å². The average Bonchev–Trinajstić information content (AvgIpc) is 3.71. The zero-order chi connectivity index (χ0) is 49.7. The van der Waals surface area contributed by atoms with E-state index >= 15 is 0 Å². The smallest absolute Gasteiger partial charge is 0.0633 e. The van der Waals surface area contributed by atoms with E-state index in [1.807, 2.05) is 0 Å². The molecule has 0 fully saturated rings. The number of nitrogens with zero attached hydrogens (tertiary/aromatic N) is 2. The highest BCUT2D eigenvalue weighted by Gasteiger charge is 2.29. The molecule has 0 amide bonds. The molecule has 1 unspecified atom stereocenters. The van der Waals surface area contributed by atoms with E-state index < -0.39 is 0 Å². The summed E-state index contributed by atoms with van der Waals surface area (Å²) in [5, 5.41) is 9.16. The van der Waals surface area contributed by atoms with Crippen molar-refractivity contribution < 1.29 is 0 Å². The van der Waals surface area contributed by atoms with E-state index in [9.17, 15) is 0 Å². The molecule has 354 valence electrons. The van der Waals surface area contributed by atoms with Crippen molar-refractivity contribution in [3.63, 3.8) is 0 Å². The topological polar surface area (TPSA) is 8.17 Å². The van der Waals surface area contributed by atoms with Crippen LogP contribution in [0.1, 0.15) is 97.0 Å². The Morgan fingerprint density at radius 1 is 0.403 bits per heavy atom. The molecule has 0 N–H and O–H groups in total. The van der Waals surface area contributed by atoms with Gasteiger partial charge in [0.1, 0.15) is 0 Å². The Balaban J connectivity index is 1.08. The van der Waals surface area contributed by atoms with Crippen LogP contribution in [0.2, 0.25) is 0 Å². The number of hydrogen-bond acceptors (Lipinski definition) is 1. The largest absolute Gasteiger partial charge is 0.332 e. The van der Waals surface area contributed by atoms with E-state index in [0.29, 0.717) is 0 Å². The van der Waals surface area contributed by atoms with Gasteiger partial charge in [-0.3, -0.25) is 0 Å². The monoisotopic (exact) mass is 933 g/mol. The van der Waals surface area contributed by atoms with Gasteiger partial charge in [0.2, 0.25) is 0 Å². The van der Waals surface area contributed by atoms with Crippen LogP contribution in [0.4, 0.5) is 17.1 Å². The van der Waals surface area contributed by atoms with Gasteiger partial charge in [0, 0.05) is 38.4 Å². The fraction of sp³-hybridized carbons (Fsp3) is 0.200. The first-order chi connectivity index (χ1) is 34.6. The quantitative estimate of drug-likeness (QED) is 0.155. The molecule has 10 aromatic carbocycles. The van der Waals surface area contributed by atoms with Gasteiger partial charge < -0.3 is 9.47 Å². The summed E-state index contributed by atoms with van der Waals surface area (Å²) in [7, 11) is 0. The number of hydrogen-bond donors (Lipinski definition) is 0. The molecule has 11 aromatic rings. The van der Waals surface area contributed by atoms with Gasteiger partial charge in [0.15, 0.2) is 0 Å². The van der Waals surface area contributed by atoms with Crippen LogP contribution in [-0.2, 0) is 16.2 Å². The fourth-order valence-electron chi connectivity index (χ4n) is 11.5. The van der Waals surface area contributed by atoms with Crippen molar-refractivity contribution in [3.8, 4) is 33.4 Å². The third kappa shape index (κ3) is 7.80. The van der Waals surface area contributed by atoms with E-state index in [0.717, 1.165) is 23.5 Å². The Kier molecular flexibility index (Phi) is 10.7. The predicted molar refractivity (Wildman–Crippen MR) is 310 cm³/mol. The highest BCUT2D eigenvalue weighted by Crippen LogP contribution is 2.48. The van der Waals surface area contributed by atoms with Crippen molar-refractivity contribution in [1.82, 2.24) is 4.57 Å². The molecular weight excluding hydrogens is 869 g/mol. The van der Waals surface area contributed by atoms with Gasteiger partial charge in [-0.25, -0.2) is 0 Å². The summed E-state index contributed by atoms with van der Waals surface area (Å²) in [6.07, 6.45) is 3.42. The summed E-state index contributed by atoms with van der Waals surface area (Å²) < 4.78 is 2.67. The SMILES string of the molecule is CC(C)(C)c1cc(-c2ccccc2)cc(-c2cccc(N(c3ccccc3-c3ccccc3)c3ccc4ccc5c6c(ccc3c46)=CCC5n3c4ccc(C(C)(C)C)cc4c4cc(C(C)(C)C)ccc43)c2)c1. The molecule has 0 saturated carbocycles. The van der Waals surface area contributed by atoms with Gasteiger partial charge in [-0.2, -0.15) is 0 Å². The van der Waals surface area contributed by atoms with Crippen molar-refractivity contribution in [1.29, 1.82) is 0 Å².